The second-order valence-corrected chi connectivity index (χ2v) is 8.30. The molecule has 0 unspecified atom stereocenters. The molecule has 0 atom stereocenters. The molecule has 5 rings (SSSR count). The molecule has 0 saturated heterocycles. The van der Waals surface area contributed by atoms with Crippen LogP contribution in [0.3, 0.4) is 0 Å². The van der Waals surface area contributed by atoms with Gasteiger partial charge in [-0.15, -0.1) is 0 Å². The van der Waals surface area contributed by atoms with Gasteiger partial charge >= 0.3 is 11.6 Å². The van der Waals surface area contributed by atoms with E-state index in [9.17, 15) is 9.59 Å². The van der Waals surface area contributed by atoms with Gasteiger partial charge in [0.25, 0.3) is 0 Å². The van der Waals surface area contributed by atoms with Gasteiger partial charge in [0.15, 0.2) is 11.3 Å². The van der Waals surface area contributed by atoms with Crippen molar-refractivity contribution < 1.29 is 19.1 Å². The molecule has 172 valence electrons. The van der Waals surface area contributed by atoms with Crippen molar-refractivity contribution >= 4 is 51.6 Å². The topological polar surface area (TPSA) is 89.6 Å². The zero-order valence-electron chi connectivity index (χ0n) is 18.3. The smallest absolute Gasteiger partial charge is 0.351 e. The Morgan fingerprint density at radius 1 is 0.971 bits per heavy atom. The summed E-state index contributed by atoms with van der Waals surface area (Å²) in [6.07, 6.45) is 3.90. The maximum absolute atomic E-state index is 12.0. The van der Waals surface area contributed by atoms with E-state index < -0.39 is 17.2 Å². The lowest BCUT2D eigenvalue weighted by Crippen LogP contribution is -2.13. The van der Waals surface area contributed by atoms with Crippen molar-refractivity contribution in [1.82, 2.24) is 4.98 Å². The average molecular weight is 484 g/mol. The number of aromatic carboxylic acids is 1. The fourth-order valence-electron chi connectivity index (χ4n) is 3.71. The van der Waals surface area contributed by atoms with Gasteiger partial charge in [-0.05, 0) is 53.6 Å². The molecule has 0 saturated carbocycles. The number of carbonyl (C=O) groups is 1. The van der Waals surface area contributed by atoms with E-state index in [2.05, 4.69) is 4.98 Å². The monoisotopic (exact) mass is 483 g/mol. The standard InChI is InChI=1S/C28H18ClNO5/c29-21-10-8-19-9-12-22(30-24(19)15-21)11-7-17-3-1-4-18(13-17)16-34-25-6-2-5-20-14-23(27(31)32)28(33)35-26(20)25/h1-15H,16H2,(H,31,32). The lowest BCUT2D eigenvalue weighted by atomic mass is 10.1. The Balaban J connectivity index is 1.34. The Bertz CT molecular complexity index is 1670. The molecule has 0 aliphatic carbocycles. The summed E-state index contributed by atoms with van der Waals surface area (Å²) in [7, 11) is 0. The molecular formula is C28H18ClNO5. The highest BCUT2D eigenvalue weighted by Crippen LogP contribution is 2.26. The number of rotatable bonds is 6. The molecule has 0 amide bonds. The Morgan fingerprint density at radius 3 is 2.66 bits per heavy atom. The van der Waals surface area contributed by atoms with Crippen molar-refractivity contribution in [2.24, 2.45) is 0 Å². The van der Waals surface area contributed by atoms with Crippen LogP contribution in [0, 0.1) is 0 Å². The van der Waals surface area contributed by atoms with Gasteiger partial charge in [0.2, 0.25) is 0 Å². The van der Waals surface area contributed by atoms with Crippen molar-refractivity contribution in [3.63, 3.8) is 0 Å². The molecule has 2 aromatic heterocycles. The van der Waals surface area contributed by atoms with Gasteiger partial charge in [-0.1, -0.05) is 60.1 Å². The molecule has 3 aromatic carbocycles. The molecular weight excluding hydrogens is 466 g/mol. The number of halogens is 1. The van der Waals surface area contributed by atoms with E-state index in [0.29, 0.717) is 16.2 Å². The van der Waals surface area contributed by atoms with Gasteiger partial charge in [0.05, 0.1) is 11.2 Å². The van der Waals surface area contributed by atoms with Crippen LogP contribution >= 0.6 is 11.6 Å². The predicted molar refractivity (Wildman–Crippen MR) is 136 cm³/mol. The SMILES string of the molecule is O=C(O)c1cc2cccc(OCc3cccc(C=Cc4ccc5ccc(Cl)cc5n4)c3)c2oc1=O. The van der Waals surface area contributed by atoms with Gasteiger partial charge in [-0.25, -0.2) is 14.6 Å². The van der Waals surface area contributed by atoms with Crippen LogP contribution < -0.4 is 10.4 Å². The van der Waals surface area contributed by atoms with Gasteiger partial charge in [0, 0.05) is 15.8 Å². The lowest BCUT2D eigenvalue weighted by molar-refractivity contribution is 0.0692. The van der Waals surface area contributed by atoms with E-state index in [1.54, 1.807) is 18.2 Å². The minimum atomic E-state index is -1.33. The number of nitrogens with zero attached hydrogens (tertiary/aromatic N) is 1. The minimum Gasteiger partial charge on any atom is -0.485 e. The fourth-order valence-corrected chi connectivity index (χ4v) is 3.88. The number of carboxylic acid groups (broad SMARTS) is 1. The molecule has 0 fully saturated rings. The summed E-state index contributed by atoms with van der Waals surface area (Å²) in [6, 6.07) is 23.7. The largest absolute Gasteiger partial charge is 0.485 e. The number of hydrogen-bond donors (Lipinski definition) is 1. The summed E-state index contributed by atoms with van der Waals surface area (Å²) in [5.74, 6) is -0.976. The van der Waals surface area contributed by atoms with Crippen LogP contribution in [-0.2, 0) is 6.61 Å². The third-order valence-electron chi connectivity index (χ3n) is 5.42. The highest BCUT2D eigenvalue weighted by atomic mass is 35.5. The number of benzene rings is 3. The van der Waals surface area contributed by atoms with E-state index in [0.717, 1.165) is 27.7 Å². The van der Waals surface area contributed by atoms with E-state index in [1.807, 2.05) is 66.7 Å². The first-order valence-corrected chi connectivity index (χ1v) is 11.1. The van der Waals surface area contributed by atoms with E-state index >= 15 is 0 Å². The number of hydrogen-bond acceptors (Lipinski definition) is 5. The highest BCUT2D eigenvalue weighted by Gasteiger charge is 2.14. The van der Waals surface area contributed by atoms with E-state index in [-0.39, 0.29) is 12.2 Å². The summed E-state index contributed by atoms with van der Waals surface area (Å²) < 4.78 is 11.1. The van der Waals surface area contributed by atoms with Crippen LogP contribution in [0.25, 0.3) is 34.0 Å². The Labute approximate surface area is 204 Å². The molecule has 6 nitrogen and oxygen atoms in total. The second kappa shape index (κ2) is 9.44. The van der Waals surface area contributed by atoms with E-state index in [4.69, 9.17) is 25.9 Å². The van der Waals surface area contributed by atoms with Crippen molar-refractivity contribution in [3.05, 3.63) is 117 Å². The number of aromatic nitrogens is 1. The highest BCUT2D eigenvalue weighted by molar-refractivity contribution is 6.31. The first-order chi connectivity index (χ1) is 17.0. The minimum absolute atomic E-state index is 0.209. The number of carboxylic acids is 1. The normalized spacial score (nSPS) is 11.3. The molecule has 0 aliphatic heterocycles. The summed E-state index contributed by atoms with van der Waals surface area (Å²) in [4.78, 5) is 27.8. The predicted octanol–water partition coefficient (Wildman–Crippen LogP) is 6.44. The summed E-state index contributed by atoms with van der Waals surface area (Å²) in [5, 5.41) is 11.3. The summed E-state index contributed by atoms with van der Waals surface area (Å²) in [6.45, 7) is 0.234. The molecule has 5 aromatic rings. The van der Waals surface area contributed by atoms with Crippen molar-refractivity contribution in [2.75, 3.05) is 0 Å². The first-order valence-electron chi connectivity index (χ1n) is 10.7. The number of pyridine rings is 1. The quantitative estimate of drug-likeness (QED) is 0.279. The van der Waals surface area contributed by atoms with Crippen LogP contribution in [0.2, 0.25) is 5.02 Å². The van der Waals surface area contributed by atoms with Gasteiger partial charge < -0.3 is 14.3 Å². The van der Waals surface area contributed by atoms with Crippen LogP contribution in [0.5, 0.6) is 5.75 Å². The third kappa shape index (κ3) is 4.93. The Kier molecular flexibility index (Phi) is 6.04. The molecule has 35 heavy (non-hydrogen) atoms. The van der Waals surface area contributed by atoms with Gasteiger partial charge in [0.1, 0.15) is 12.2 Å². The summed E-state index contributed by atoms with van der Waals surface area (Å²) >= 11 is 6.08. The van der Waals surface area contributed by atoms with Crippen molar-refractivity contribution in [2.45, 2.75) is 6.61 Å². The molecule has 0 bridgehead atoms. The van der Waals surface area contributed by atoms with Crippen LogP contribution in [0.1, 0.15) is 27.2 Å². The third-order valence-corrected chi connectivity index (χ3v) is 5.66. The van der Waals surface area contributed by atoms with Crippen LogP contribution in [-0.4, -0.2) is 16.1 Å². The lowest BCUT2D eigenvalue weighted by Gasteiger charge is -2.09. The molecule has 2 heterocycles. The molecule has 7 heteroatoms. The van der Waals surface area contributed by atoms with Gasteiger partial charge in [-0.2, -0.15) is 0 Å². The van der Waals surface area contributed by atoms with Crippen LogP contribution in [0.15, 0.2) is 88.1 Å². The maximum Gasteiger partial charge on any atom is 0.351 e. The van der Waals surface area contributed by atoms with Crippen LogP contribution in [0.4, 0.5) is 0 Å². The summed E-state index contributed by atoms with van der Waals surface area (Å²) in [5.41, 5.74) is 2.39. The second-order valence-electron chi connectivity index (χ2n) is 7.87. The number of para-hydroxylation sites is 1. The van der Waals surface area contributed by atoms with Crippen molar-refractivity contribution in [3.8, 4) is 5.75 Å². The molecule has 1 N–H and O–H groups in total. The first kappa shape index (κ1) is 22.4. The Morgan fingerprint density at radius 2 is 1.80 bits per heavy atom. The maximum atomic E-state index is 12.0. The number of fused-ring (bicyclic) bond motifs is 2. The zero-order chi connectivity index (χ0) is 24.4. The van der Waals surface area contributed by atoms with Crippen molar-refractivity contribution in [1.29, 1.82) is 0 Å². The van der Waals surface area contributed by atoms with Gasteiger partial charge in [-0.3, -0.25) is 0 Å². The number of ether oxygens (including phenoxy) is 1. The molecule has 0 aliphatic rings. The fraction of sp³-hybridized carbons (Fsp3) is 0.0357. The zero-order valence-corrected chi connectivity index (χ0v) is 19.0. The Hall–Kier alpha value is -4.42. The van der Waals surface area contributed by atoms with E-state index in [1.165, 1.54) is 6.07 Å². The average Bonchev–Trinajstić information content (AvgIpc) is 2.85. The molecule has 0 spiro atoms. The molecule has 0 radical (unpaired) electrons.